The largest absolute Gasteiger partial charge is 0.377 e. The van der Waals surface area contributed by atoms with E-state index in [-0.39, 0.29) is 0 Å². The van der Waals surface area contributed by atoms with Gasteiger partial charge in [0, 0.05) is 24.5 Å². The first-order valence-electron chi connectivity index (χ1n) is 9.35. The van der Waals surface area contributed by atoms with Crippen LogP contribution in [0.1, 0.15) is 31.5 Å². The van der Waals surface area contributed by atoms with Gasteiger partial charge >= 0.3 is 0 Å². The molecule has 6 heteroatoms. The lowest BCUT2D eigenvalue weighted by molar-refractivity contribution is 0.129. The summed E-state index contributed by atoms with van der Waals surface area (Å²) in [6.45, 7) is 3.13. The van der Waals surface area contributed by atoms with Gasteiger partial charge in [-0.25, -0.2) is 0 Å². The molecule has 2 aliphatic heterocycles. The van der Waals surface area contributed by atoms with Crippen molar-refractivity contribution in [3.63, 3.8) is 0 Å². The normalized spacial score (nSPS) is 21.7. The van der Waals surface area contributed by atoms with Gasteiger partial charge in [-0.15, -0.1) is 10.2 Å². The number of hydrogen-bond acceptors (Lipinski definition) is 5. The summed E-state index contributed by atoms with van der Waals surface area (Å²) >= 11 is 1.77. The van der Waals surface area contributed by atoms with E-state index in [9.17, 15) is 0 Å². The minimum Gasteiger partial charge on any atom is -0.377 e. The average Bonchev–Trinajstić information content (AvgIpc) is 3.31. The first-order chi connectivity index (χ1) is 12.4. The molecule has 3 heterocycles. The van der Waals surface area contributed by atoms with E-state index < -0.39 is 0 Å². The summed E-state index contributed by atoms with van der Waals surface area (Å²) in [5, 5.41) is 13.5. The van der Waals surface area contributed by atoms with E-state index in [0.717, 1.165) is 55.0 Å². The fraction of sp³-hybridized carbons (Fsp3) is 0.579. The maximum atomic E-state index is 5.76. The molecule has 1 N–H and O–H groups in total. The highest BCUT2D eigenvalue weighted by Crippen LogP contribution is 2.27. The predicted molar refractivity (Wildman–Crippen MR) is 100 cm³/mol. The summed E-state index contributed by atoms with van der Waals surface area (Å²) in [7, 11) is 0. The molecule has 0 bridgehead atoms. The lowest BCUT2D eigenvalue weighted by atomic mass is 9.94. The molecule has 1 atom stereocenters. The first-order valence-corrected chi connectivity index (χ1v) is 10.3. The van der Waals surface area contributed by atoms with E-state index in [4.69, 9.17) is 4.74 Å². The maximum absolute atomic E-state index is 5.76. The van der Waals surface area contributed by atoms with E-state index >= 15 is 0 Å². The van der Waals surface area contributed by atoms with Gasteiger partial charge in [-0.1, -0.05) is 30.0 Å². The van der Waals surface area contributed by atoms with E-state index in [2.05, 4.69) is 50.4 Å². The van der Waals surface area contributed by atoms with Crippen LogP contribution in [0, 0.1) is 5.92 Å². The number of benzene rings is 1. The van der Waals surface area contributed by atoms with Gasteiger partial charge in [0.05, 0.1) is 6.10 Å². The van der Waals surface area contributed by atoms with Crippen LogP contribution in [0.3, 0.4) is 0 Å². The molecule has 2 fully saturated rings. The molecule has 0 amide bonds. The van der Waals surface area contributed by atoms with Crippen LogP contribution in [0.2, 0.25) is 0 Å². The number of thioether (sulfide) groups is 1. The third kappa shape index (κ3) is 4.25. The number of piperidine rings is 1. The van der Waals surface area contributed by atoms with E-state index in [1.165, 1.54) is 19.3 Å². The quantitative estimate of drug-likeness (QED) is 0.804. The van der Waals surface area contributed by atoms with Crippen LogP contribution in [0.15, 0.2) is 35.5 Å². The van der Waals surface area contributed by atoms with Crippen LogP contribution in [-0.2, 0) is 11.2 Å². The van der Waals surface area contributed by atoms with E-state index in [1.54, 1.807) is 11.8 Å². The van der Waals surface area contributed by atoms with Gasteiger partial charge in [0.2, 0.25) is 0 Å². The second-order valence-corrected chi connectivity index (χ2v) is 7.90. The Morgan fingerprint density at radius 2 is 1.96 bits per heavy atom. The SMILES string of the molecule is c1ccc(-n2c(CC3CCNCC3)nnc2SCC2CCCO2)cc1. The van der Waals surface area contributed by atoms with Crippen LogP contribution in [0.25, 0.3) is 5.69 Å². The van der Waals surface area contributed by atoms with Crippen molar-refractivity contribution in [2.75, 3.05) is 25.4 Å². The number of aromatic nitrogens is 3. The highest BCUT2D eigenvalue weighted by molar-refractivity contribution is 7.99. The second kappa shape index (κ2) is 8.34. The molecule has 5 nitrogen and oxygen atoms in total. The highest BCUT2D eigenvalue weighted by atomic mass is 32.2. The molecular weight excluding hydrogens is 332 g/mol. The summed E-state index contributed by atoms with van der Waals surface area (Å²) in [6, 6.07) is 10.5. The third-order valence-electron chi connectivity index (χ3n) is 5.07. The third-order valence-corrected chi connectivity index (χ3v) is 6.13. The van der Waals surface area contributed by atoms with Crippen molar-refractivity contribution in [1.29, 1.82) is 0 Å². The topological polar surface area (TPSA) is 52.0 Å². The van der Waals surface area contributed by atoms with E-state index in [0.29, 0.717) is 12.0 Å². The summed E-state index contributed by atoms with van der Waals surface area (Å²) in [5.41, 5.74) is 1.16. The lowest BCUT2D eigenvalue weighted by Gasteiger charge is -2.22. The minimum absolute atomic E-state index is 0.360. The molecule has 134 valence electrons. The van der Waals surface area contributed by atoms with Crippen molar-refractivity contribution in [1.82, 2.24) is 20.1 Å². The molecule has 1 aromatic carbocycles. The zero-order valence-electron chi connectivity index (χ0n) is 14.6. The number of para-hydroxylation sites is 1. The van der Waals surface area contributed by atoms with Crippen molar-refractivity contribution >= 4 is 11.8 Å². The number of nitrogens with zero attached hydrogens (tertiary/aromatic N) is 3. The molecule has 0 radical (unpaired) electrons. The van der Waals surface area contributed by atoms with Gasteiger partial charge < -0.3 is 10.1 Å². The van der Waals surface area contributed by atoms with Crippen molar-refractivity contribution in [3.05, 3.63) is 36.2 Å². The molecule has 0 spiro atoms. The Hall–Kier alpha value is -1.37. The average molecular weight is 359 g/mol. The molecule has 25 heavy (non-hydrogen) atoms. The Kier molecular flexibility index (Phi) is 5.69. The Morgan fingerprint density at radius 3 is 2.72 bits per heavy atom. The number of rotatable bonds is 6. The Labute approximate surface area is 153 Å². The number of nitrogens with one attached hydrogen (secondary N) is 1. The Balaban J connectivity index is 1.55. The smallest absolute Gasteiger partial charge is 0.195 e. The van der Waals surface area contributed by atoms with Crippen molar-refractivity contribution in [3.8, 4) is 5.69 Å². The highest BCUT2D eigenvalue weighted by Gasteiger charge is 2.22. The summed E-state index contributed by atoms with van der Waals surface area (Å²) < 4.78 is 8.01. The minimum atomic E-state index is 0.360. The number of ether oxygens (including phenoxy) is 1. The Morgan fingerprint density at radius 1 is 1.12 bits per heavy atom. The van der Waals surface area contributed by atoms with Gasteiger partial charge in [-0.3, -0.25) is 4.57 Å². The van der Waals surface area contributed by atoms with Gasteiger partial charge in [0.15, 0.2) is 5.16 Å². The number of hydrogen-bond donors (Lipinski definition) is 1. The van der Waals surface area contributed by atoms with Gasteiger partial charge in [-0.2, -0.15) is 0 Å². The summed E-state index contributed by atoms with van der Waals surface area (Å²) in [5.74, 6) is 2.75. The zero-order chi connectivity index (χ0) is 16.9. The van der Waals surface area contributed by atoms with Crippen LogP contribution in [-0.4, -0.2) is 46.3 Å². The summed E-state index contributed by atoms with van der Waals surface area (Å²) in [6.07, 6.45) is 6.15. The molecule has 2 aliphatic rings. The van der Waals surface area contributed by atoms with Gasteiger partial charge in [0.1, 0.15) is 5.82 Å². The maximum Gasteiger partial charge on any atom is 0.195 e. The van der Waals surface area contributed by atoms with Crippen LogP contribution in [0.4, 0.5) is 0 Å². The fourth-order valence-corrected chi connectivity index (χ4v) is 4.69. The standard InChI is InChI=1S/C19H26N4OS/c1-2-5-16(6-3-1)23-18(13-15-8-10-20-11-9-15)21-22-19(23)25-14-17-7-4-12-24-17/h1-3,5-6,15,17,20H,4,7-14H2. The molecule has 1 aromatic heterocycles. The second-order valence-electron chi connectivity index (χ2n) is 6.91. The molecule has 0 aliphatic carbocycles. The predicted octanol–water partition coefficient (Wildman–Crippen LogP) is 3.08. The molecule has 2 saturated heterocycles. The molecule has 0 saturated carbocycles. The fourth-order valence-electron chi connectivity index (χ4n) is 3.65. The van der Waals surface area contributed by atoms with Crippen LogP contribution < -0.4 is 5.32 Å². The zero-order valence-corrected chi connectivity index (χ0v) is 15.4. The lowest BCUT2D eigenvalue weighted by Crippen LogP contribution is -2.29. The van der Waals surface area contributed by atoms with Crippen molar-refractivity contribution in [2.24, 2.45) is 5.92 Å². The monoisotopic (exact) mass is 358 g/mol. The molecule has 4 rings (SSSR count). The van der Waals surface area contributed by atoms with Crippen LogP contribution in [0.5, 0.6) is 0 Å². The van der Waals surface area contributed by atoms with Crippen LogP contribution >= 0.6 is 11.8 Å². The molecule has 2 aromatic rings. The van der Waals surface area contributed by atoms with Crippen molar-refractivity contribution < 1.29 is 4.74 Å². The van der Waals surface area contributed by atoms with E-state index in [1.807, 2.05) is 0 Å². The van der Waals surface area contributed by atoms with Crippen molar-refractivity contribution in [2.45, 2.75) is 43.4 Å². The Bertz CT molecular complexity index is 663. The van der Waals surface area contributed by atoms with Gasteiger partial charge in [0.25, 0.3) is 0 Å². The van der Waals surface area contributed by atoms with Gasteiger partial charge in [-0.05, 0) is 56.8 Å². The first kappa shape index (κ1) is 17.1. The molecular formula is C19H26N4OS. The summed E-state index contributed by atoms with van der Waals surface area (Å²) in [4.78, 5) is 0. The molecule has 1 unspecified atom stereocenters.